The third kappa shape index (κ3) is 4.56. The van der Waals surface area contributed by atoms with Crippen LogP contribution in [0.2, 0.25) is 0 Å². The number of nitrogens with zero attached hydrogens (tertiary/aromatic N) is 1. The van der Waals surface area contributed by atoms with Crippen molar-refractivity contribution in [2.24, 2.45) is 5.92 Å². The summed E-state index contributed by atoms with van der Waals surface area (Å²) in [5, 5.41) is 3.32. The van der Waals surface area contributed by atoms with E-state index >= 15 is 0 Å². The smallest absolute Gasteiger partial charge is 0.153 e. The van der Waals surface area contributed by atoms with Crippen LogP contribution in [0, 0.1) is 5.92 Å². The maximum Gasteiger partial charge on any atom is 0.153 e. The summed E-state index contributed by atoms with van der Waals surface area (Å²) in [6.07, 6.45) is 3.73. The van der Waals surface area contributed by atoms with Crippen molar-refractivity contribution in [1.29, 1.82) is 0 Å². The van der Waals surface area contributed by atoms with E-state index in [2.05, 4.69) is 17.3 Å². The van der Waals surface area contributed by atoms with Gasteiger partial charge in [-0.05, 0) is 59.3 Å². The van der Waals surface area contributed by atoms with Gasteiger partial charge in [-0.25, -0.2) is 8.42 Å². The van der Waals surface area contributed by atoms with Crippen molar-refractivity contribution in [3.8, 4) is 0 Å². The Balaban J connectivity index is 2.29. The Morgan fingerprint density at radius 1 is 1.29 bits per heavy atom. The lowest BCUT2D eigenvalue weighted by Crippen LogP contribution is -2.44. The average molecular weight is 262 g/mol. The number of nitrogens with one attached hydrogen (secondary N) is 1. The van der Waals surface area contributed by atoms with Crippen LogP contribution in [0.5, 0.6) is 0 Å². The standard InChI is InChI=1S/C12H26N2O2S/c1-12(2,17(4,15)16)10-13-9-11-5-7-14(3)8-6-11/h11,13H,5-10H2,1-4H3. The summed E-state index contributed by atoms with van der Waals surface area (Å²) < 4.78 is 22.4. The van der Waals surface area contributed by atoms with Gasteiger partial charge in [0.05, 0.1) is 4.75 Å². The van der Waals surface area contributed by atoms with E-state index in [1.165, 1.54) is 19.1 Å². The molecule has 0 aromatic carbocycles. The van der Waals surface area contributed by atoms with Crippen molar-refractivity contribution in [3.05, 3.63) is 0 Å². The lowest BCUT2D eigenvalue weighted by atomic mass is 9.97. The van der Waals surface area contributed by atoms with E-state index in [0.29, 0.717) is 12.5 Å². The van der Waals surface area contributed by atoms with E-state index in [9.17, 15) is 8.42 Å². The number of sulfone groups is 1. The molecule has 0 bridgehead atoms. The van der Waals surface area contributed by atoms with E-state index < -0.39 is 14.6 Å². The van der Waals surface area contributed by atoms with E-state index in [4.69, 9.17) is 0 Å². The van der Waals surface area contributed by atoms with Gasteiger partial charge in [-0.15, -0.1) is 0 Å². The minimum atomic E-state index is -2.98. The summed E-state index contributed by atoms with van der Waals surface area (Å²) in [4.78, 5) is 2.34. The number of hydrogen-bond donors (Lipinski definition) is 1. The molecule has 102 valence electrons. The highest BCUT2D eigenvalue weighted by Gasteiger charge is 2.29. The highest BCUT2D eigenvalue weighted by molar-refractivity contribution is 7.92. The Bertz CT molecular complexity index is 330. The van der Waals surface area contributed by atoms with Gasteiger partial charge in [0.2, 0.25) is 0 Å². The van der Waals surface area contributed by atoms with Gasteiger partial charge in [-0.2, -0.15) is 0 Å². The molecule has 1 saturated heterocycles. The van der Waals surface area contributed by atoms with Gasteiger partial charge in [0.15, 0.2) is 9.84 Å². The first kappa shape index (κ1) is 14.9. The van der Waals surface area contributed by atoms with Gasteiger partial charge >= 0.3 is 0 Å². The lowest BCUT2D eigenvalue weighted by molar-refractivity contribution is 0.215. The third-order valence-electron chi connectivity index (χ3n) is 3.83. The van der Waals surface area contributed by atoms with Crippen LogP contribution < -0.4 is 5.32 Å². The Morgan fingerprint density at radius 3 is 2.29 bits per heavy atom. The van der Waals surface area contributed by atoms with Crippen molar-refractivity contribution in [2.45, 2.75) is 31.4 Å². The average Bonchev–Trinajstić information content (AvgIpc) is 2.19. The summed E-state index contributed by atoms with van der Waals surface area (Å²) >= 11 is 0. The fourth-order valence-corrected chi connectivity index (χ4v) is 2.34. The number of rotatable bonds is 5. The predicted molar refractivity (Wildman–Crippen MR) is 72.0 cm³/mol. The SMILES string of the molecule is CN1CCC(CNCC(C)(C)S(C)(=O)=O)CC1. The Labute approximate surface area is 106 Å². The van der Waals surface area contributed by atoms with E-state index in [0.717, 1.165) is 19.6 Å². The second-order valence-electron chi connectivity index (χ2n) is 5.91. The minimum absolute atomic E-state index is 0.540. The number of likely N-dealkylation sites (tertiary alicyclic amines) is 1. The van der Waals surface area contributed by atoms with Gasteiger partial charge in [-0.3, -0.25) is 0 Å². The third-order valence-corrected chi connectivity index (χ3v) is 5.98. The molecule has 0 spiro atoms. The van der Waals surface area contributed by atoms with Crippen LogP contribution >= 0.6 is 0 Å². The fourth-order valence-electron chi connectivity index (χ4n) is 1.97. The second-order valence-corrected chi connectivity index (χ2v) is 8.56. The summed E-state index contributed by atoms with van der Waals surface area (Å²) in [6, 6.07) is 0. The molecule has 0 saturated carbocycles. The van der Waals surface area contributed by atoms with Gasteiger partial charge in [0.25, 0.3) is 0 Å². The van der Waals surface area contributed by atoms with Crippen molar-refractivity contribution in [2.75, 3.05) is 39.5 Å². The molecule has 1 aliphatic rings. The molecule has 17 heavy (non-hydrogen) atoms. The van der Waals surface area contributed by atoms with Crippen molar-refractivity contribution >= 4 is 9.84 Å². The Hall–Kier alpha value is -0.130. The van der Waals surface area contributed by atoms with Gasteiger partial charge in [-0.1, -0.05) is 0 Å². The summed E-state index contributed by atoms with van der Waals surface area (Å²) in [5.41, 5.74) is 0. The highest BCUT2D eigenvalue weighted by atomic mass is 32.2. The number of hydrogen-bond acceptors (Lipinski definition) is 4. The van der Waals surface area contributed by atoms with Gasteiger partial charge in [0.1, 0.15) is 0 Å². The quantitative estimate of drug-likeness (QED) is 0.794. The molecule has 0 aromatic heterocycles. The zero-order valence-corrected chi connectivity index (χ0v) is 12.3. The molecule has 1 aliphatic heterocycles. The molecule has 0 aromatic rings. The van der Waals surface area contributed by atoms with Crippen molar-refractivity contribution in [1.82, 2.24) is 10.2 Å². The first-order chi connectivity index (χ1) is 7.72. The topological polar surface area (TPSA) is 49.4 Å². The summed E-state index contributed by atoms with van der Waals surface area (Å²) in [6.45, 7) is 7.35. The summed E-state index contributed by atoms with van der Waals surface area (Å²) in [5.74, 6) is 0.696. The molecular weight excluding hydrogens is 236 g/mol. The molecule has 0 atom stereocenters. The van der Waals surface area contributed by atoms with Crippen LogP contribution in [0.3, 0.4) is 0 Å². The highest BCUT2D eigenvalue weighted by Crippen LogP contribution is 2.16. The minimum Gasteiger partial charge on any atom is -0.315 e. The monoisotopic (exact) mass is 262 g/mol. The maximum atomic E-state index is 11.5. The fraction of sp³-hybridized carbons (Fsp3) is 1.00. The molecule has 0 aliphatic carbocycles. The van der Waals surface area contributed by atoms with Crippen molar-refractivity contribution in [3.63, 3.8) is 0 Å². The van der Waals surface area contributed by atoms with E-state index in [1.54, 1.807) is 13.8 Å². The molecule has 0 amide bonds. The zero-order valence-electron chi connectivity index (χ0n) is 11.5. The molecule has 1 N–H and O–H groups in total. The molecule has 1 heterocycles. The van der Waals surface area contributed by atoms with Gasteiger partial charge < -0.3 is 10.2 Å². The lowest BCUT2D eigenvalue weighted by Gasteiger charge is -2.30. The maximum absolute atomic E-state index is 11.5. The molecule has 1 fully saturated rings. The second kappa shape index (κ2) is 5.67. The normalized spacial score (nSPS) is 20.7. The van der Waals surface area contributed by atoms with Crippen LogP contribution in [0.4, 0.5) is 0 Å². The first-order valence-electron chi connectivity index (χ1n) is 6.31. The molecule has 1 rings (SSSR count). The van der Waals surface area contributed by atoms with E-state index in [1.807, 2.05) is 0 Å². The van der Waals surface area contributed by atoms with E-state index in [-0.39, 0.29) is 0 Å². The summed E-state index contributed by atoms with van der Waals surface area (Å²) in [7, 11) is -0.836. The largest absolute Gasteiger partial charge is 0.315 e. The molecule has 0 radical (unpaired) electrons. The Morgan fingerprint density at radius 2 is 1.82 bits per heavy atom. The van der Waals surface area contributed by atoms with Crippen LogP contribution in [-0.4, -0.2) is 57.5 Å². The van der Waals surface area contributed by atoms with Crippen LogP contribution in [0.1, 0.15) is 26.7 Å². The zero-order chi connectivity index (χ0) is 13.1. The first-order valence-corrected chi connectivity index (χ1v) is 8.20. The van der Waals surface area contributed by atoms with Gasteiger partial charge in [0, 0.05) is 12.8 Å². The number of piperidine rings is 1. The molecular formula is C12H26N2O2S. The van der Waals surface area contributed by atoms with Crippen LogP contribution in [0.15, 0.2) is 0 Å². The van der Waals surface area contributed by atoms with Crippen LogP contribution in [-0.2, 0) is 9.84 Å². The molecule has 5 heteroatoms. The van der Waals surface area contributed by atoms with Crippen molar-refractivity contribution < 1.29 is 8.42 Å². The predicted octanol–water partition coefficient (Wildman–Crippen LogP) is 0.741. The molecule has 0 unspecified atom stereocenters. The Kier molecular flexibility index (Phi) is 4.98. The van der Waals surface area contributed by atoms with Crippen LogP contribution in [0.25, 0.3) is 0 Å². The molecule has 4 nitrogen and oxygen atoms in total.